The van der Waals surface area contributed by atoms with Gasteiger partial charge in [-0.3, -0.25) is 9.69 Å². The number of hydrogen-bond acceptors (Lipinski definition) is 7. The molecule has 8 nitrogen and oxygen atoms in total. The van der Waals surface area contributed by atoms with Crippen molar-refractivity contribution in [3.05, 3.63) is 58.9 Å². The molecule has 0 spiro atoms. The van der Waals surface area contributed by atoms with Crippen molar-refractivity contribution in [2.45, 2.75) is 38.8 Å². The number of methoxy groups -OCH3 is 2. The largest absolute Gasteiger partial charge is 0.493 e. The highest BCUT2D eigenvalue weighted by atomic mass is 35.5. The standard InChI is InChI=1S/C26H31ClN4O4/c1-4-21(18-9-10-22(33-2)23(15-18)34-3)28-26(32)17-11-13-31(14-12-17)16-24-29-25(30-35-24)19-7-5-6-8-20(19)27/h5-10,15,17,21H,4,11-14,16H2,1-3H3,(H,28,32). The van der Waals surface area contributed by atoms with E-state index in [9.17, 15) is 4.79 Å². The number of carbonyl (C=O) groups is 1. The predicted octanol–water partition coefficient (Wildman–Crippen LogP) is 4.89. The van der Waals surface area contributed by atoms with Gasteiger partial charge in [0.05, 0.1) is 31.8 Å². The molecule has 186 valence electrons. The highest BCUT2D eigenvalue weighted by Gasteiger charge is 2.28. The zero-order valence-corrected chi connectivity index (χ0v) is 21.0. The topological polar surface area (TPSA) is 89.7 Å². The summed E-state index contributed by atoms with van der Waals surface area (Å²) in [7, 11) is 3.22. The number of rotatable bonds is 9. The average Bonchev–Trinajstić information content (AvgIpc) is 3.35. The fourth-order valence-electron chi connectivity index (χ4n) is 4.40. The molecule has 35 heavy (non-hydrogen) atoms. The maximum atomic E-state index is 13.0. The third-order valence-corrected chi connectivity index (χ3v) is 6.76. The number of benzene rings is 2. The lowest BCUT2D eigenvalue weighted by Gasteiger charge is -2.31. The molecule has 0 aliphatic carbocycles. The van der Waals surface area contributed by atoms with Crippen LogP contribution in [-0.4, -0.2) is 48.3 Å². The Balaban J connectivity index is 1.31. The van der Waals surface area contributed by atoms with E-state index in [0.29, 0.717) is 34.8 Å². The third-order valence-electron chi connectivity index (χ3n) is 6.43. The van der Waals surface area contributed by atoms with Gasteiger partial charge in [-0.05, 0) is 62.2 Å². The highest BCUT2D eigenvalue weighted by Crippen LogP contribution is 2.31. The zero-order chi connectivity index (χ0) is 24.8. The number of nitrogens with zero attached hydrogens (tertiary/aromatic N) is 3. The first-order chi connectivity index (χ1) is 17.0. The van der Waals surface area contributed by atoms with Gasteiger partial charge in [0.25, 0.3) is 0 Å². The van der Waals surface area contributed by atoms with Crippen molar-refractivity contribution in [2.24, 2.45) is 5.92 Å². The molecule has 0 saturated carbocycles. The summed E-state index contributed by atoms with van der Waals surface area (Å²) in [6.45, 7) is 4.19. The molecule has 1 N–H and O–H groups in total. The number of nitrogens with one attached hydrogen (secondary N) is 1. The second kappa shape index (κ2) is 11.6. The fraction of sp³-hybridized carbons (Fsp3) is 0.423. The van der Waals surface area contributed by atoms with Crippen molar-refractivity contribution in [1.82, 2.24) is 20.4 Å². The molecule has 1 aromatic heterocycles. The molecule has 2 heterocycles. The number of halogens is 1. The van der Waals surface area contributed by atoms with E-state index in [2.05, 4.69) is 27.3 Å². The van der Waals surface area contributed by atoms with Crippen LogP contribution in [-0.2, 0) is 11.3 Å². The van der Waals surface area contributed by atoms with E-state index in [1.807, 2.05) is 36.4 Å². The number of amides is 1. The summed E-state index contributed by atoms with van der Waals surface area (Å²) in [6.07, 6.45) is 2.34. The van der Waals surface area contributed by atoms with Crippen LogP contribution in [0.4, 0.5) is 0 Å². The second-order valence-electron chi connectivity index (χ2n) is 8.63. The van der Waals surface area contributed by atoms with Gasteiger partial charge in [0.1, 0.15) is 0 Å². The molecule has 1 atom stereocenters. The Kier molecular flexibility index (Phi) is 8.25. The number of likely N-dealkylation sites (tertiary alicyclic amines) is 1. The Hall–Kier alpha value is -3.10. The summed E-state index contributed by atoms with van der Waals surface area (Å²) in [4.78, 5) is 19.8. The first-order valence-electron chi connectivity index (χ1n) is 11.8. The van der Waals surface area contributed by atoms with Gasteiger partial charge in [-0.2, -0.15) is 4.98 Å². The molecule has 0 radical (unpaired) electrons. The fourth-order valence-corrected chi connectivity index (χ4v) is 4.62. The maximum absolute atomic E-state index is 13.0. The molecule has 3 aromatic rings. The van der Waals surface area contributed by atoms with Crippen molar-refractivity contribution >= 4 is 17.5 Å². The lowest BCUT2D eigenvalue weighted by Crippen LogP contribution is -2.41. The molecule has 4 rings (SSSR count). The van der Waals surface area contributed by atoms with E-state index >= 15 is 0 Å². The molecular weight excluding hydrogens is 468 g/mol. The minimum Gasteiger partial charge on any atom is -0.493 e. The SMILES string of the molecule is CCC(NC(=O)C1CCN(Cc2nc(-c3ccccc3Cl)no2)CC1)c1ccc(OC)c(OC)c1. The smallest absolute Gasteiger partial charge is 0.241 e. The van der Waals surface area contributed by atoms with E-state index in [-0.39, 0.29) is 17.9 Å². The van der Waals surface area contributed by atoms with E-state index in [1.54, 1.807) is 20.3 Å². The monoisotopic (exact) mass is 498 g/mol. The van der Waals surface area contributed by atoms with Gasteiger partial charge < -0.3 is 19.3 Å². The van der Waals surface area contributed by atoms with Crippen molar-refractivity contribution in [2.75, 3.05) is 27.3 Å². The minimum absolute atomic E-state index is 0.0261. The van der Waals surface area contributed by atoms with E-state index in [4.69, 9.17) is 25.6 Å². The van der Waals surface area contributed by atoms with Crippen LogP contribution in [0.5, 0.6) is 11.5 Å². The number of hydrogen-bond donors (Lipinski definition) is 1. The predicted molar refractivity (Wildman–Crippen MR) is 133 cm³/mol. The Morgan fingerprint density at radius 3 is 2.60 bits per heavy atom. The lowest BCUT2D eigenvalue weighted by atomic mass is 9.94. The zero-order valence-electron chi connectivity index (χ0n) is 20.3. The van der Waals surface area contributed by atoms with Crippen LogP contribution >= 0.6 is 11.6 Å². The van der Waals surface area contributed by atoms with Crippen LogP contribution in [0.15, 0.2) is 47.0 Å². The van der Waals surface area contributed by atoms with Crippen LogP contribution in [0.2, 0.25) is 5.02 Å². The number of aromatic nitrogens is 2. The van der Waals surface area contributed by atoms with Gasteiger partial charge in [-0.15, -0.1) is 0 Å². The number of ether oxygens (including phenoxy) is 2. The van der Waals surface area contributed by atoms with Crippen LogP contribution in [0.1, 0.15) is 43.7 Å². The van der Waals surface area contributed by atoms with Gasteiger partial charge in [-0.25, -0.2) is 0 Å². The van der Waals surface area contributed by atoms with Crippen molar-refractivity contribution in [1.29, 1.82) is 0 Å². The van der Waals surface area contributed by atoms with E-state index < -0.39 is 0 Å². The molecular formula is C26H31ClN4O4. The van der Waals surface area contributed by atoms with Crippen LogP contribution in [0, 0.1) is 5.92 Å². The molecule has 0 bridgehead atoms. The van der Waals surface area contributed by atoms with Crippen LogP contribution < -0.4 is 14.8 Å². The quantitative estimate of drug-likeness (QED) is 0.449. The molecule has 1 unspecified atom stereocenters. The molecule has 1 aliphatic heterocycles. The number of piperidine rings is 1. The van der Waals surface area contributed by atoms with Gasteiger partial charge in [-0.1, -0.05) is 41.9 Å². The minimum atomic E-state index is -0.0815. The Morgan fingerprint density at radius 1 is 1.17 bits per heavy atom. The Labute approximate surface area is 210 Å². The maximum Gasteiger partial charge on any atom is 0.241 e. The van der Waals surface area contributed by atoms with Crippen LogP contribution in [0.25, 0.3) is 11.4 Å². The summed E-state index contributed by atoms with van der Waals surface area (Å²) in [5.74, 6) is 2.42. The van der Waals surface area contributed by atoms with Gasteiger partial charge in [0, 0.05) is 11.5 Å². The van der Waals surface area contributed by atoms with Gasteiger partial charge in [0.2, 0.25) is 17.6 Å². The van der Waals surface area contributed by atoms with Crippen molar-refractivity contribution in [3.63, 3.8) is 0 Å². The number of carbonyl (C=O) groups excluding carboxylic acids is 1. The van der Waals surface area contributed by atoms with Crippen molar-refractivity contribution in [3.8, 4) is 22.9 Å². The van der Waals surface area contributed by atoms with Crippen molar-refractivity contribution < 1.29 is 18.8 Å². The first kappa shape index (κ1) is 25.0. The van der Waals surface area contributed by atoms with E-state index in [0.717, 1.165) is 43.5 Å². The molecule has 2 aromatic carbocycles. The molecule has 1 fully saturated rings. The summed E-state index contributed by atoms with van der Waals surface area (Å²) in [5.41, 5.74) is 1.75. The summed E-state index contributed by atoms with van der Waals surface area (Å²) < 4.78 is 16.2. The normalized spacial score (nSPS) is 15.5. The Bertz CT molecular complexity index is 1140. The molecule has 1 saturated heterocycles. The molecule has 1 amide bonds. The Morgan fingerprint density at radius 2 is 1.91 bits per heavy atom. The molecule has 9 heteroatoms. The van der Waals surface area contributed by atoms with Gasteiger partial charge >= 0.3 is 0 Å². The summed E-state index contributed by atoms with van der Waals surface area (Å²) in [5, 5.41) is 7.89. The van der Waals surface area contributed by atoms with Crippen LogP contribution in [0.3, 0.4) is 0 Å². The average molecular weight is 499 g/mol. The lowest BCUT2D eigenvalue weighted by molar-refractivity contribution is -0.127. The first-order valence-corrected chi connectivity index (χ1v) is 12.2. The van der Waals surface area contributed by atoms with Gasteiger partial charge in [0.15, 0.2) is 11.5 Å². The third kappa shape index (κ3) is 5.94. The summed E-state index contributed by atoms with van der Waals surface area (Å²) in [6, 6.07) is 13.1. The summed E-state index contributed by atoms with van der Waals surface area (Å²) >= 11 is 6.24. The molecule has 1 aliphatic rings. The second-order valence-corrected chi connectivity index (χ2v) is 9.03. The van der Waals surface area contributed by atoms with E-state index in [1.165, 1.54) is 0 Å². The highest BCUT2D eigenvalue weighted by molar-refractivity contribution is 6.33.